The lowest BCUT2D eigenvalue weighted by Gasteiger charge is -2.17. The summed E-state index contributed by atoms with van der Waals surface area (Å²) in [4.78, 5) is 0. The largest absolute Gasteiger partial charge is 0.490 e. The third kappa shape index (κ3) is 2.53. The molecule has 1 unspecified atom stereocenters. The van der Waals surface area contributed by atoms with Crippen LogP contribution in [-0.4, -0.2) is 19.3 Å². The van der Waals surface area contributed by atoms with Gasteiger partial charge in [-0.2, -0.15) is 0 Å². The Kier molecular flexibility index (Phi) is 3.53. The predicted octanol–water partition coefficient (Wildman–Crippen LogP) is 5.86. The molecule has 2 aliphatic rings. The average Bonchev–Trinajstić information content (AvgIpc) is 3.50. The van der Waals surface area contributed by atoms with Crippen molar-refractivity contribution in [2.45, 2.75) is 12.5 Å². The number of benzene rings is 4. The molecule has 0 saturated carbocycles. The summed E-state index contributed by atoms with van der Waals surface area (Å²) in [6, 6.07) is 28.2. The van der Waals surface area contributed by atoms with Crippen molar-refractivity contribution < 1.29 is 9.47 Å². The van der Waals surface area contributed by atoms with E-state index in [9.17, 15) is 0 Å². The van der Waals surface area contributed by atoms with Crippen LogP contribution < -0.4 is 4.74 Å². The van der Waals surface area contributed by atoms with Gasteiger partial charge in [0.25, 0.3) is 0 Å². The minimum absolute atomic E-state index is 0.241. The maximum atomic E-state index is 6.24. The van der Waals surface area contributed by atoms with E-state index >= 15 is 0 Å². The van der Waals surface area contributed by atoms with Crippen molar-refractivity contribution in [3.63, 3.8) is 0 Å². The molecule has 1 atom stereocenters. The molecule has 1 aliphatic heterocycles. The van der Waals surface area contributed by atoms with Crippen molar-refractivity contribution >= 4 is 10.8 Å². The van der Waals surface area contributed by atoms with E-state index in [0.29, 0.717) is 6.61 Å². The molecule has 1 aliphatic carbocycles. The van der Waals surface area contributed by atoms with Crippen molar-refractivity contribution in [2.24, 2.45) is 0 Å². The SMILES string of the molecule is c1ccc2c(c1)Cc1c-2cccc1-c1c(OCC2CO2)ccc2ccccc12. The van der Waals surface area contributed by atoms with E-state index in [1.54, 1.807) is 0 Å². The summed E-state index contributed by atoms with van der Waals surface area (Å²) in [7, 11) is 0. The second-order valence-corrected chi connectivity index (χ2v) is 7.59. The molecule has 4 aromatic rings. The monoisotopic (exact) mass is 364 g/mol. The van der Waals surface area contributed by atoms with Crippen LogP contribution in [0.4, 0.5) is 0 Å². The second kappa shape index (κ2) is 6.22. The van der Waals surface area contributed by atoms with E-state index in [1.807, 2.05) is 0 Å². The Hall–Kier alpha value is -3.10. The highest BCUT2D eigenvalue weighted by Gasteiger charge is 2.26. The Morgan fingerprint density at radius 1 is 0.786 bits per heavy atom. The first-order valence-electron chi connectivity index (χ1n) is 9.85. The first kappa shape index (κ1) is 15.9. The zero-order valence-corrected chi connectivity index (χ0v) is 15.5. The van der Waals surface area contributed by atoms with Crippen LogP contribution in [0.3, 0.4) is 0 Å². The van der Waals surface area contributed by atoms with Gasteiger partial charge in [0.05, 0.1) is 6.61 Å². The number of ether oxygens (including phenoxy) is 2. The molecule has 0 aromatic heterocycles. The standard InChI is InChI=1S/C26H20O2/c1-4-9-21-17(6-1)12-13-25(28-16-19-15-27-19)26(21)23-11-5-10-22-20-8-3-2-7-18(20)14-24(22)23/h1-13,19H,14-16H2. The molecule has 0 spiro atoms. The Morgan fingerprint density at radius 3 is 2.50 bits per heavy atom. The van der Waals surface area contributed by atoms with E-state index in [2.05, 4.69) is 78.9 Å². The topological polar surface area (TPSA) is 21.8 Å². The normalized spacial score (nSPS) is 16.6. The molecular weight excluding hydrogens is 344 g/mol. The third-order valence-corrected chi connectivity index (χ3v) is 5.84. The zero-order chi connectivity index (χ0) is 18.5. The van der Waals surface area contributed by atoms with Crippen molar-refractivity contribution in [1.29, 1.82) is 0 Å². The number of fused-ring (bicyclic) bond motifs is 4. The smallest absolute Gasteiger partial charge is 0.127 e. The van der Waals surface area contributed by atoms with Gasteiger partial charge in [-0.05, 0) is 51.1 Å². The van der Waals surface area contributed by atoms with Gasteiger partial charge in [0.15, 0.2) is 0 Å². The van der Waals surface area contributed by atoms with Crippen LogP contribution in [0.25, 0.3) is 33.0 Å². The van der Waals surface area contributed by atoms with Gasteiger partial charge in [-0.3, -0.25) is 0 Å². The summed E-state index contributed by atoms with van der Waals surface area (Å²) in [5.74, 6) is 0.943. The zero-order valence-electron chi connectivity index (χ0n) is 15.5. The highest BCUT2D eigenvalue weighted by Crippen LogP contribution is 2.46. The van der Waals surface area contributed by atoms with Gasteiger partial charge < -0.3 is 9.47 Å². The quantitative estimate of drug-likeness (QED) is 0.373. The number of epoxide rings is 1. The predicted molar refractivity (Wildman–Crippen MR) is 113 cm³/mol. The van der Waals surface area contributed by atoms with Crippen molar-refractivity contribution in [1.82, 2.24) is 0 Å². The molecule has 0 amide bonds. The van der Waals surface area contributed by atoms with Crippen LogP contribution in [0.1, 0.15) is 11.1 Å². The van der Waals surface area contributed by atoms with Crippen LogP contribution in [-0.2, 0) is 11.2 Å². The fourth-order valence-corrected chi connectivity index (χ4v) is 4.39. The number of rotatable bonds is 4. The fourth-order valence-electron chi connectivity index (χ4n) is 4.39. The van der Waals surface area contributed by atoms with Crippen molar-refractivity contribution in [3.8, 4) is 28.0 Å². The molecule has 2 nitrogen and oxygen atoms in total. The highest BCUT2D eigenvalue weighted by molar-refractivity contribution is 6.02. The first-order valence-corrected chi connectivity index (χ1v) is 9.85. The minimum Gasteiger partial charge on any atom is -0.490 e. The lowest BCUT2D eigenvalue weighted by Crippen LogP contribution is -2.05. The van der Waals surface area contributed by atoms with Crippen LogP contribution in [0, 0.1) is 0 Å². The van der Waals surface area contributed by atoms with E-state index in [1.165, 1.54) is 44.2 Å². The van der Waals surface area contributed by atoms with Crippen LogP contribution in [0.2, 0.25) is 0 Å². The van der Waals surface area contributed by atoms with E-state index in [-0.39, 0.29) is 6.10 Å². The molecule has 1 fully saturated rings. The Morgan fingerprint density at radius 2 is 1.57 bits per heavy atom. The lowest BCUT2D eigenvalue weighted by atomic mass is 9.91. The Balaban J connectivity index is 1.58. The summed E-state index contributed by atoms with van der Waals surface area (Å²) < 4.78 is 11.6. The van der Waals surface area contributed by atoms with Gasteiger partial charge in [-0.1, -0.05) is 72.8 Å². The molecule has 0 N–H and O–H groups in total. The molecule has 6 rings (SSSR count). The van der Waals surface area contributed by atoms with Gasteiger partial charge in [0.2, 0.25) is 0 Å². The van der Waals surface area contributed by atoms with E-state index < -0.39 is 0 Å². The maximum absolute atomic E-state index is 6.24. The molecule has 2 heteroatoms. The summed E-state index contributed by atoms with van der Waals surface area (Å²) in [6.07, 6.45) is 1.21. The van der Waals surface area contributed by atoms with E-state index in [0.717, 1.165) is 18.8 Å². The molecule has 1 heterocycles. The molecule has 4 aromatic carbocycles. The molecule has 28 heavy (non-hydrogen) atoms. The van der Waals surface area contributed by atoms with E-state index in [4.69, 9.17) is 9.47 Å². The summed E-state index contributed by atoms with van der Waals surface area (Å²) in [5, 5.41) is 2.47. The molecule has 1 saturated heterocycles. The first-order chi connectivity index (χ1) is 13.9. The number of hydrogen-bond donors (Lipinski definition) is 0. The molecule has 0 bridgehead atoms. The summed E-state index contributed by atoms with van der Waals surface area (Å²) >= 11 is 0. The third-order valence-electron chi connectivity index (χ3n) is 5.84. The van der Waals surface area contributed by atoms with Crippen molar-refractivity contribution in [2.75, 3.05) is 13.2 Å². The second-order valence-electron chi connectivity index (χ2n) is 7.59. The summed E-state index contributed by atoms with van der Waals surface area (Å²) in [6.45, 7) is 1.42. The minimum atomic E-state index is 0.241. The van der Waals surface area contributed by atoms with Gasteiger partial charge in [0.1, 0.15) is 18.5 Å². The maximum Gasteiger partial charge on any atom is 0.127 e. The molecule has 0 radical (unpaired) electrons. The van der Waals surface area contributed by atoms with Gasteiger partial charge in [0, 0.05) is 5.56 Å². The number of hydrogen-bond acceptors (Lipinski definition) is 2. The molecule has 136 valence electrons. The van der Waals surface area contributed by atoms with Gasteiger partial charge in [-0.25, -0.2) is 0 Å². The van der Waals surface area contributed by atoms with Crippen LogP contribution in [0.5, 0.6) is 5.75 Å². The molecular formula is C26H20O2. The van der Waals surface area contributed by atoms with Crippen molar-refractivity contribution in [3.05, 3.63) is 90.0 Å². The van der Waals surface area contributed by atoms with Crippen LogP contribution >= 0.6 is 0 Å². The fraction of sp³-hybridized carbons (Fsp3) is 0.154. The summed E-state index contributed by atoms with van der Waals surface area (Å²) in [5.41, 5.74) is 7.97. The lowest BCUT2D eigenvalue weighted by molar-refractivity contribution is 0.264. The van der Waals surface area contributed by atoms with Crippen LogP contribution in [0.15, 0.2) is 78.9 Å². The Bertz CT molecular complexity index is 1200. The van der Waals surface area contributed by atoms with Gasteiger partial charge >= 0.3 is 0 Å². The highest BCUT2D eigenvalue weighted by atomic mass is 16.6. The van der Waals surface area contributed by atoms with Gasteiger partial charge in [-0.15, -0.1) is 0 Å². The average molecular weight is 364 g/mol. The Labute approximate surface area is 164 Å².